The van der Waals surface area contributed by atoms with Gasteiger partial charge < -0.3 is 9.36 Å². The summed E-state index contributed by atoms with van der Waals surface area (Å²) in [4.78, 5) is 15.1. The second kappa shape index (κ2) is 3.70. The summed E-state index contributed by atoms with van der Waals surface area (Å²) in [5.74, 6) is 0. The van der Waals surface area contributed by atoms with Crippen LogP contribution in [0.25, 0.3) is 11.0 Å². The molecule has 1 saturated carbocycles. The minimum Gasteiger partial charge on any atom is -0.327 e. The summed E-state index contributed by atoms with van der Waals surface area (Å²) in [5.41, 5.74) is 3.15. The Hall–Kier alpha value is -1.16. The van der Waals surface area contributed by atoms with Crippen LogP contribution < -0.4 is 0 Å². The van der Waals surface area contributed by atoms with Crippen LogP contribution in [0.1, 0.15) is 24.4 Å². The molecule has 0 aliphatic heterocycles. The largest absolute Gasteiger partial charge is 0.327 e. The Bertz CT molecular complexity index is 557. The lowest BCUT2D eigenvalue weighted by Gasteiger charge is -2.06. The van der Waals surface area contributed by atoms with Gasteiger partial charge in [0.05, 0.1) is 17.4 Å². The average molecular weight is 279 g/mol. The van der Waals surface area contributed by atoms with Gasteiger partial charge in [-0.1, -0.05) is 15.9 Å². The zero-order valence-electron chi connectivity index (χ0n) is 8.69. The standard InChI is InChI=1S/C12H11BrN2O/c13-9-5-8(3-4-16)12-11(6-9)14-7-15(12)10-1-2-10/h4-7,10H,1-3H2. The molecule has 1 aromatic heterocycles. The first-order chi connectivity index (χ1) is 7.79. The van der Waals surface area contributed by atoms with E-state index in [0.717, 1.165) is 27.4 Å². The monoisotopic (exact) mass is 278 g/mol. The Morgan fingerprint density at radius 1 is 1.50 bits per heavy atom. The van der Waals surface area contributed by atoms with Gasteiger partial charge in [-0.25, -0.2) is 4.98 Å². The number of carbonyl (C=O) groups excluding carboxylic acids is 1. The van der Waals surface area contributed by atoms with Gasteiger partial charge in [-0.2, -0.15) is 0 Å². The van der Waals surface area contributed by atoms with Crippen LogP contribution >= 0.6 is 15.9 Å². The molecule has 0 radical (unpaired) electrons. The van der Waals surface area contributed by atoms with Gasteiger partial charge in [0.15, 0.2) is 0 Å². The number of nitrogens with zero attached hydrogens (tertiary/aromatic N) is 2. The molecule has 0 atom stereocenters. The van der Waals surface area contributed by atoms with E-state index in [2.05, 4.69) is 25.5 Å². The molecule has 3 nitrogen and oxygen atoms in total. The van der Waals surface area contributed by atoms with Crippen LogP contribution in [0.2, 0.25) is 0 Å². The number of hydrogen-bond acceptors (Lipinski definition) is 2. The summed E-state index contributed by atoms with van der Waals surface area (Å²) in [6.07, 6.45) is 5.74. The molecule has 0 N–H and O–H groups in total. The fourth-order valence-corrected chi connectivity index (χ4v) is 2.59. The van der Waals surface area contributed by atoms with Crippen molar-refractivity contribution in [2.45, 2.75) is 25.3 Å². The number of carbonyl (C=O) groups is 1. The molecule has 82 valence electrons. The van der Waals surface area contributed by atoms with E-state index in [1.165, 1.54) is 12.8 Å². The topological polar surface area (TPSA) is 34.9 Å². The van der Waals surface area contributed by atoms with E-state index in [9.17, 15) is 4.79 Å². The molecule has 1 aliphatic rings. The first-order valence-corrected chi connectivity index (χ1v) is 6.17. The lowest BCUT2D eigenvalue weighted by Crippen LogP contribution is -1.96. The summed E-state index contributed by atoms with van der Waals surface area (Å²) in [6, 6.07) is 4.61. The van der Waals surface area contributed by atoms with Crippen molar-refractivity contribution in [3.05, 3.63) is 28.5 Å². The van der Waals surface area contributed by atoms with Gasteiger partial charge in [0.25, 0.3) is 0 Å². The van der Waals surface area contributed by atoms with Crippen molar-refractivity contribution >= 4 is 33.2 Å². The van der Waals surface area contributed by atoms with E-state index in [1.54, 1.807) is 0 Å². The number of benzene rings is 1. The van der Waals surface area contributed by atoms with E-state index in [1.807, 2.05) is 18.5 Å². The normalized spacial score (nSPS) is 15.6. The number of aromatic nitrogens is 2. The molecule has 3 rings (SSSR count). The second-order valence-corrected chi connectivity index (χ2v) is 5.10. The summed E-state index contributed by atoms with van der Waals surface area (Å²) in [7, 11) is 0. The Morgan fingerprint density at radius 3 is 3.00 bits per heavy atom. The third-order valence-electron chi connectivity index (χ3n) is 2.96. The van der Waals surface area contributed by atoms with Gasteiger partial charge in [-0.15, -0.1) is 0 Å². The highest BCUT2D eigenvalue weighted by Gasteiger charge is 2.25. The van der Waals surface area contributed by atoms with Crippen molar-refractivity contribution in [1.29, 1.82) is 0 Å². The smallest absolute Gasteiger partial charge is 0.124 e. The molecule has 0 saturated heterocycles. The minimum absolute atomic E-state index is 0.453. The van der Waals surface area contributed by atoms with Crippen molar-refractivity contribution in [3.63, 3.8) is 0 Å². The van der Waals surface area contributed by atoms with E-state index in [-0.39, 0.29) is 0 Å². The van der Waals surface area contributed by atoms with E-state index in [4.69, 9.17) is 0 Å². The fourth-order valence-electron chi connectivity index (χ4n) is 2.09. The summed E-state index contributed by atoms with van der Waals surface area (Å²) in [5, 5.41) is 0. The van der Waals surface area contributed by atoms with Crippen LogP contribution in [0.5, 0.6) is 0 Å². The molecule has 1 aliphatic carbocycles. The Morgan fingerprint density at radius 2 is 2.31 bits per heavy atom. The number of imidazole rings is 1. The molecule has 0 unspecified atom stereocenters. The summed E-state index contributed by atoms with van der Waals surface area (Å²) >= 11 is 3.45. The Labute approximate surface area is 102 Å². The first-order valence-electron chi connectivity index (χ1n) is 5.38. The molecule has 16 heavy (non-hydrogen) atoms. The van der Waals surface area contributed by atoms with Crippen LogP contribution in [0.4, 0.5) is 0 Å². The predicted molar refractivity (Wildman–Crippen MR) is 65.5 cm³/mol. The number of halogens is 1. The van der Waals surface area contributed by atoms with Gasteiger partial charge >= 0.3 is 0 Å². The van der Waals surface area contributed by atoms with Crippen molar-refractivity contribution in [3.8, 4) is 0 Å². The molecule has 4 heteroatoms. The van der Waals surface area contributed by atoms with Crippen LogP contribution in [0.3, 0.4) is 0 Å². The minimum atomic E-state index is 0.453. The molecule has 2 aromatic rings. The number of fused-ring (bicyclic) bond motifs is 1. The third kappa shape index (κ3) is 1.57. The predicted octanol–water partition coefficient (Wildman–Crippen LogP) is 2.88. The zero-order chi connectivity index (χ0) is 11.1. The van der Waals surface area contributed by atoms with Crippen molar-refractivity contribution < 1.29 is 4.79 Å². The van der Waals surface area contributed by atoms with Crippen LogP contribution in [-0.2, 0) is 11.2 Å². The van der Waals surface area contributed by atoms with Crippen LogP contribution in [-0.4, -0.2) is 15.8 Å². The third-order valence-corrected chi connectivity index (χ3v) is 3.41. The fraction of sp³-hybridized carbons (Fsp3) is 0.333. The van der Waals surface area contributed by atoms with Crippen LogP contribution in [0, 0.1) is 0 Å². The zero-order valence-corrected chi connectivity index (χ0v) is 10.3. The number of hydrogen-bond donors (Lipinski definition) is 0. The highest BCUT2D eigenvalue weighted by atomic mass is 79.9. The summed E-state index contributed by atoms with van der Waals surface area (Å²) < 4.78 is 3.19. The van der Waals surface area contributed by atoms with Crippen molar-refractivity contribution in [1.82, 2.24) is 9.55 Å². The highest BCUT2D eigenvalue weighted by Crippen LogP contribution is 2.38. The lowest BCUT2D eigenvalue weighted by atomic mass is 10.1. The lowest BCUT2D eigenvalue weighted by molar-refractivity contribution is -0.107. The number of rotatable bonds is 3. The molecular weight excluding hydrogens is 268 g/mol. The van der Waals surface area contributed by atoms with E-state index in [0.29, 0.717) is 12.5 Å². The van der Waals surface area contributed by atoms with Gasteiger partial charge in [0.2, 0.25) is 0 Å². The summed E-state index contributed by atoms with van der Waals surface area (Å²) in [6.45, 7) is 0. The van der Waals surface area contributed by atoms with Gasteiger partial charge in [0.1, 0.15) is 6.29 Å². The Balaban J connectivity index is 2.26. The molecule has 0 bridgehead atoms. The Kier molecular flexibility index (Phi) is 2.32. The molecule has 1 fully saturated rings. The quantitative estimate of drug-likeness (QED) is 0.810. The second-order valence-electron chi connectivity index (χ2n) is 4.19. The van der Waals surface area contributed by atoms with Crippen molar-refractivity contribution in [2.75, 3.05) is 0 Å². The SMILES string of the molecule is O=CCc1cc(Br)cc2ncn(C3CC3)c12. The first kappa shape index (κ1) is 10.0. The molecule has 1 aromatic carbocycles. The molecule has 1 heterocycles. The van der Waals surface area contributed by atoms with Gasteiger partial charge in [0, 0.05) is 16.9 Å². The van der Waals surface area contributed by atoms with Gasteiger partial charge in [-0.05, 0) is 30.5 Å². The average Bonchev–Trinajstić information content (AvgIpc) is 3.00. The van der Waals surface area contributed by atoms with E-state index >= 15 is 0 Å². The number of aldehydes is 1. The molecule has 0 amide bonds. The molecule has 0 spiro atoms. The maximum atomic E-state index is 10.7. The van der Waals surface area contributed by atoms with Crippen LogP contribution in [0.15, 0.2) is 22.9 Å². The van der Waals surface area contributed by atoms with Gasteiger partial charge in [-0.3, -0.25) is 0 Å². The van der Waals surface area contributed by atoms with Crippen molar-refractivity contribution in [2.24, 2.45) is 0 Å². The van der Waals surface area contributed by atoms with E-state index < -0.39 is 0 Å². The molecular formula is C12H11BrN2O. The maximum Gasteiger partial charge on any atom is 0.124 e. The highest BCUT2D eigenvalue weighted by molar-refractivity contribution is 9.10. The maximum absolute atomic E-state index is 10.7.